The van der Waals surface area contributed by atoms with E-state index < -0.39 is 0 Å². The van der Waals surface area contributed by atoms with Gasteiger partial charge in [-0.1, -0.05) is 19.1 Å². The largest absolute Gasteiger partial charge is 0.308 e. The highest BCUT2D eigenvalue weighted by atomic mass is 15.0. The summed E-state index contributed by atoms with van der Waals surface area (Å²) in [7, 11) is 0. The SMILES string of the molecule is CCC(C)NC(C)c1ccc(-n2ccnc2)cc1. The maximum absolute atomic E-state index is 4.06. The second kappa shape index (κ2) is 5.83. The Kier molecular flexibility index (Phi) is 4.15. The molecule has 1 heterocycles. The highest BCUT2D eigenvalue weighted by Crippen LogP contribution is 2.16. The van der Waals surface area contributed by atoms with Crippen molar-refractivity contribution in [1.29, 1.82) is 0 Å². The molecule has 0 aliphatic rings. The summed E-state index contributed by atoms with van der Waals surface area (Å²) < 4.78 is 2.01. The summed E-state index contributed by atoms with van der Waals surface area (Å²) in [6.45, 7) is 6.63. The van der Waals surface area contributed by atoms with Gasteiger partial charge < -0.3 is 9.88 Å². The van der Waals surface area contributed by atoms with E-state index in [9.17, 15) is 0 Å². The summed E-state index contributed by atoms with van der Waals surface area (Å²) in [5.74, 6) is 0. The van der Waals surface area contributed by atoms with Gasteiger partial charge in [0.15, 0.2) is 0 Å². The topological polar surface area (TPSA) is 29.9 Å². The Morgan fingerprint density at radius 2 is 1.94 bits per heavy atom. The molecule has 18 heavy (non-hydrogen) atoms. The first-order chi connectivity index (χ1) is 8.70. The average molecular weight is 243 g/mol. The number of nitrogens with one attached hydrogen (secondary N) is 1. The molecule has 1 aromatic carbocycles. The van der Waals surface area contributed by atoms with Gasteiger partial charge in [0.05, 0.1) is 6.33 Å². The normalized spacial score (nSPS) is 14.4. The number of hydrogen-bond donors (Lipinski definition) is 1. The summed E-state index contributed by atoms with van der Waals surface area (Å²) in [5.41, 5.74) is 2.46. The molecule has 0 bridgehead atoms. The smallest absolute Gasteiger partial charge is 0.0991 e. The van der Waals surface area contributed by atoms with E-state index in [1.807, 2.05) is 17.1 Å². The van der Waals surface area contributed by atoms with Crippen molar-refractivity contribution < 1.29 is 0 Å². The van der Waals surface area contributed by atoms with Gasteiger partial charge in [-0.3, -0.25) is 0 Å². The maximum Gasteiger partial charge on any atom is 0.0991 e. The molecule has 0 saturated heterocycles. The van der Waals surface area contributed by atoms with Crippen LogP contribution < -0.4 is 5.32 Å². The van der Waals surface area contributed by atoms with Crippen LogP contribution in [-0.2, 0) is 0 Å². The van der Waals surface area contributed by atoms with Gasteiger partial charge in [0.25, 0.3) is 0 Å². The minimum absolute atomic E-state index is 0.386. The summed E-state index contributed by atoms with van der Waals surface area (Å²) in [6.07, 6.45) is 6.71. The van der Waals surface area contributed by atoms with E-state index in [1.165, 1.54) is 5.56 Å². The van der Waals surface area contributed by atoms with Crippen molar-refractivity contribution in [3.8, 4) is 5.69 Å². The number of imidazole rings is 1. The molecule has 2 unspecified atom stereocenters. The maximum atomic E-state index is 4.06. The highest BCUT2D eigenvalue weighted by molar-refractivity contribution is 5.35. The Hall–Kier alpha value is -1.61. The van der Waals surface area contributed by atoms with Crippen LogP contribution in [0.5, 0.6) is 0 Å². The van der Waals surface area contributed by atoms with Gasteiger partial charge in [-0.25, -0.2) is 4.98 Å². The van der Waals surface area contributed by atoms with E-state index in [0.29, 0.717) is 12.1 Å². The lowest BCUT2D eigenvalue weighted by atomic mass is 10.1. The van der Waals surface area contributed by atoms with Crippen LogP contribution >= 0.6 is 0 Å². The van der Waals surface area contributed by atoms with Gasteiger partial charge in [-0.05, 0) is 38.0 Å². The molecule has 2 rings (SSSR count). The number of nitrogens with zero attached hydrogens (tertiary/aromatic N) is 2. The van der Waals surface area contributed by atoms with Crippen molar-refractivity contribution in [1.82, 2.24) is 14.9 Å². The fourth-order valence-electron chi connectivity index (χ4n) is 1.99. The average Bonchev–Trinajstić information content (AvgIpc) is 2.92. The van der Waals surface area contributed by atoms with Gasteiger partial charge in [0.2, 0.25) is 0 Å². The van der Waals surface area contributed by atoms with Gasteiger partial charge in [0, 0.05) is 30.2 Å². The highest BCUT2D eigenvalue weighted by Gasteiger charge is 2.07. The van der Waals surface area contributed by atoms with Crippen LogP contribution in [0.1, 0.15) is 38.8 Å². The third-order valence-corrected chi connectivity index (χ3v) is 3.34. The Bertz CT molecular complexity index is 459. The molecule has 3 heteroatoms. The van der Waals surface area contributed by atoms with E-state index in [4.69, 9.17) is 0 Å². The Morgan fingerprint density at radius 3 is 2.50 bits per heavy atom. The van der Waals surface area contributed by atoms with E-state index in [1.54, 1.807) is 6.20 Å². The molecule has 0 radical (unpaired) electrons. The Morgan fingerprint density at radius 1 is 1.22 bits per heavy atom. The Balaban J connectivity index is 2.08. The molecule has 0 fully saturated rings. The molecular formula is C15H21N3. The predicted molar refractivity (Wildman–Crippen MR) is 74.9 cm³/mol. The zero-order valence-electron chi connectivity index (χ0n) is 11.3. The fraction of sp³-hybridized carbons (Fsp3) is 0.400. The number of rotatable bonds is 5. The number of hydrogen-bond acceptors (Lipinski definition) is 2. The van der Waals surface area contributed by atoms with Gasteiger partial charge >= 0.3 is 0 Å². The van der Waals surface area contributed by atoms with E-state index in [-0.39, 0.29) is 0 Å². The fourth-order valence-corrected chi connectivity index (χ4v) is 1.99. The predicted octanol–water partition coefficient (Wildman–Crippen LogP) is 3.32. The molecule has 0 aliphatic carbocycles. The van der Waals surface area contributed by atoms with Crippen LogP contribution in [0, 0.1) is 0 Å². The van der Waals surface area contributed by atoms with Crippen LogP contribution in [0.4, 0.5) is 0 Å². The first kappa shape index (κ1) is 12.8. The summed E-state index contributed by atoms with van der Waals surface area (Å²) in [6, 6.07) is 9.55. The molecule has 96 valence electrons. The number of aromatic nitrogens is 2. The summed E-state index contributed by atoms with van der Waals surface area (Å²) in [4.78, 5) is 4.06. The second-order valence-electron chi connectivity index (χ2n) is 4.76. The molecule has 2 atom stereocenters. The zero-order chi connectivity index (χ0) is 13.0. The molecule has 1 aromatic heterocycles. The van der Waals surface area contributed by atoms with Crippen LogP contribution in [-0.4, -0.2) is 15.6 Å². The quantitative estimate of drug-likeness (QED) is 0.873. The third-order valence-electron chi connectivity index (χ3n) is 3.34. The van der Waals surface area contributed by atoms with Crippen LogP contribution in [0.3, 0.4) is 0 Å². The van der Waals surface area contributed by atoms with E-state index in [2.05, 4.69) is 55.3 Å². The molecule has 1 N–H and O–H groups in total. The Labute approximate surface area is 109 Å². The molecule has 2 aromatic rings. The summed E-state index contributed by atoms with van der Waals surface area (Å²) in [5, 5.41) is 3.58. The van der Waals surface area contributed by atoms with Crippen molar-refractivity contribution >= 4 is 0 Å². The van der Waals surface area contributed by atoms with Crippen LogP contribution in [0.25, 0.3) is 5.69 Å². The zero-order valence-corrected chi connectivity index (χ0v) is 11.3. The molecular weight excluding hydrogens is 222 g/mol. The third kappa shape index (κ3) is 2.99. The standard InChI is InChI=1S/C15H21N3/c1-4-12(2)17-13(3)14-5-7-15(8-6-14)18-10-9-16-11-18/h5-13,17H,4H2,1-3H3. The summed E-state index contributed by atoms with van der Waals surface area (Å²) >= 11 is 0. The van der Waals surface area contributed by atoms with Crippen molar-refractivity contribution in [2.24, 2.45) is 0 Å². The first-order valence-corrected chi connectivity index (χ1v) is 6.55. The van der Waals surface area contributed by atoms with Crippen molar-refractivity contribution in [3.05, 3.63) is 48.5 Å². The second-order valence-corrected chi connectivity index (χ2v) is 4.76. The van der Waals surface area contributed by atoms with Gasteiger partial charge in [-0.15, -0.1) is 0 Å². The van der Waals surface area contributed by atoms with Crippen molar-refractivity contribution in [2.75, 3.05) is 0 Å². The molecule has 0 saturated carbocycles. The molecule has 0 spiro atoms. The van der Waals surface area contributed by atoms with Crippen molar-refractivity contribution in [2.45, 2.75) is 39.3 Å². The lowest BCUT2D eigenvalue weighted by molar-refractivity contribution is 0.469. The molecule has 0 amide bonds. The van der Waals surface area contributed by atoms with Gasteiger partial charge in [0.1, 0.15) is 0 Å². The van der Waals surface area contributed by atoms with Crippen LogP contribution in [0.2, 0.25) is 0 Å². The molecule has 0 aliphatic heterocycles. The van der Waals surface area contributed by atoms with Gasteiger partial charge in [-0.2, -0.15) is 0 Å². The van der Waals surface area contributed by atoms with Crippen molar-refractivity contribution in [3.63, 3.8) is 0 Å². The molecule has 3 nitrogen and oxygen atoms in total. The minimum Gasteiger partial charge on any atom is -0.308 e. The minimum atomic E-state index is 0.386. The first-order valence-electron chi connectivity index (χ1n) is 6.55. The van der Waals surface area contributed by atoms with E-state index >= 15 is 0 Å². The van der Waals surface area contributed by atoms with E-state index in [0.717, 1.165) is 12.1 Å². The monoisotopic (exact) mass is 243 g/mol. The number of benzene rings is 1. The van der Waals surface area contributed by atoms with Crippen LogP contribution in [0.15, 0.2) is 43.0 Å². The lowest BCUT2D eigenvalue weighted by Gasteiger charge is -2.19. The lowest BCUT2D eigenvalue weighted by Crippen LogP contribution is -2.28.